The Morgan fingerprint density at radius 1 is 0.298 bits per heavy atom. The second-order valence-corrected chi connectivity index (χ2v) is 30.8. The van der Waals surface area contributed by atoms with Crippen molar-refractivity contribution in [3.63, 3.8) is 0 Å². The van der Waals surface area contributed by atoms with E-state index in [0.717, 1.165) is 67.4 Å². The Morgan fingerprint density at radius 2 is 0.554 bits per heavy atom. The SMILES string of the molecule is Cc1ccc2nc(C(=O)N3CCC(c4ccccc4C(F)(F)F)CC3)cn2n1.Cc1ccc2nc(C(=O)N3CCC(c4ccccc4C(F)(F)F)CC3)cn2n1.O=C(c1cn2nc(-n3cccc3)ccc2n1)N1CCC(c2ccccc2C(F)(F)F)CC1.O=C(c1cn2nc(N3CCCCC3)ccc2n1)N1CCC(c2ccccc2C(F)(F)F)CC1. The number of fused-ring (bicyclic) bond motifs is 4. The highest BCUT2D eigenvalue weighted by atomic mass is 19.4. The topological polar surface area (TPSA) is 210 Å². The van der Waals surface area contributed by atoms with Crippen LogP contribution in [-0.4, -0.2) is 172 Å². The van der Waals surface area contributed by atoms with Crippen LogP contribution in [-0.2, 0) is 24.7 Å². The fraction of sp³-hybridized carbons (Fsp3) is 0.356. The van der Waals surface area contributed by atoms with Gasteiger partial charge >= 0.3 is 24.7 Å². The fourth-order valence-corrected chi connectivity index (χ4v) is 16.7. The van der Waals surface area contributed by atoms with Crippen molar-refractivity contribution in [3.05, 3.63) is 274 Å². The molecule has 0 saturated carbocycles. The molecule has 0 atom stereocenters. The van der Waals surface area contributed by atoms with E-state index in [1.807, 2.05) is 73.3 Å². The van der Waals surface area contributed by atoms with Crippen molar-refractivity contribution in [2.45, 2.75) is 133 Å². The Labute approximate surface area is 686 Å². The molecule has 0 unspecified atom stereocenters. The number of piperidine rings is 5. The summed E-state index contributed by atoms with van der Waals surface area (Å²) in [6.45, 7) is 8.81. The lowest BCUT2D eigenvalue weighted by atomic mass is 9.86. The number of hydrogen-bond donors (Lipinski definition) is 0. The summed E-state index contributed by atoms with van der Waals surface area (Å²) < 4.78 is 168. The third-order valence-corrected chi connectivity index (χ3v) is 22.9. The minimum Gasteiger partial charge on any atom is -0.355 e. The molecule has 0 N–H and O–H groups in total. The lowest BCUT2D eigenvalue weighted by Gasteiger charge is -2.32. The van der Waals surface area contributed by atoms with Crippen molar-refractivity contribution in [3.8, 4) is 5.82 Å². The van der Waals surface area contributed by atoms with Gasteiger partial charge in [0.15, 0.2) is 28.4 Å². The molecule has 0 aliphatic carbocycles. The number of aromatic nitrogens is 13. The molecule has 9 aromatic heterocycles. The van der Waals surface area contributed by atoms with Crippen molar-refractivity contribution in [2.75, 3.05) is 70.3 Å². The lowest BCUT2D eigenvalue weighted by molar-refractivity contribution is -0.139. The predicted molar refractivity (Wildman–Crippen MR) is 424 cm³/mol. The zero-order chi connectivity index (χ0) is 85.1. The quantitative estimate of drug-likeness (QED) is 0.117. The Bertz CT molecular complexity index is 5690. The average Bonchev–Trinajstić information content (AvgIpc) is 1.66. The van der Waals surface area contributed by atoms with Crippen molar-refractivity contribution < 1.29 is 71.9 Å². The molecule has 22 nitrogen and oxygen atoms in total. The van der Waals surface area contributed by atoms with Gasteiger partial charge in [0.05, 0.1) is 58.4 Å². The summed E-state index contributed by atoms with van der Waals surface area (Å²) in [4.78, 5) is 77.9. The van der Waals surface area contributed by atoms with E-state index in [1.165, 1.54) is 30.7 Å². The standard InChI is InChI=1S/C24H26F3N5O.C23H20F3N5O.2C20H19F3N4O/c25-24(26,27)19-7-3-2-6-18(19)17-10-14-31(15-11-17)23(33)20-16-32-21(28-20)8-9-22(29-32)30-12-4-1-5-13-30;24-23(25,26)18-6-2-1-5-17(18)16-9-13-30(14-10-16)22(32)19-15-31-20(27-19)7-8-21(28-31)29-11-3-4-12-29;2*1-13-6-7-18-24-17(12-27(18)25-13)19(28)26-10-8-14(9-11-26)15-4-2-3-5-16(15)20(21,22)23/h2-3,6-9,16-17H,1,4-5,10-15H2;1-8,11-12,15-16H,9-10,13-14H2;2*2-7,12,14H,8-11H2,1H3. The minimum absolute atomic E-state index is 0.206. The highest BCUT2D eigenvalue weighted by molar-refractivity contribution is 5.95. The summed E-state index contributed by atoms with van der Waals surface area (Å²) in [6, 6.07) is 41.3. The maximum Gasteiger partial charge on any atom is 0.416 e. The van der Waals surface area contributed by atoms with Crippen LogP contribution in [0, 0.1) is 13.8 Å². The maximum absolute atomic E-state index is 13.4. The van der Waals surface area contributed by atoms with E-state index >= 15 is 0 Å². The molecule has 5 aliphatic heterocycles. The number of anilines is 1. The molecule has 121 heavy (non-hydrogen) atoms. The number of hydrogen-bond acceptors (Lipinski definition) is 13. The van der Waals surface area contributed by atoms with Crippen LogP contribution in [0.2, 0.25) is 0 Å². The molecule has 4 amide bonds. The van der Waals surface area contributed by atoms with Crippen LogP contribution in [0.4, 0.5) is 58.5 Å². The Hall–Kier alpha value is -12.5. The van der Waals surface area contributed by atoms with Gasteiger partial charge in [-0.15, -0.1) is 10.2 Å². The van der Waals surface area contributed by atoms with Crippen molar-refractivity contribution >= 4 is 52.0 Å². The number of rotatable bonds is 10. The molecule has 0 radical (unpaired) electrons. The van der Waals surface area contributed by atoms with Crippen LogP contribution in [0.3, 0.4) is 0 Å². The first-order chi connectivity index (χ1) is 57.9. The van der Waals surface area contributed by atoms with Crippen LogP contribution >= 0.6 is 0 Å². The molecule has 14 heterocycles. The third kappa shape index (κ3) is 19.1. The maximum atomic E-state index is 13.4. The van der Waals surface area contributed by atoms with Gasteiger partial charge in [-0.2, -0.15) is 62.9 Å². The molecule has 5 fully saturated rings. The first-order valence-corrected chi connectivity index (χ1v) is 40.0. The zero-order valence-corrected chi connectivity index (χ0v) is 65.9. The van der Waals surface area contributed by atoms with E-state index in [1.54, 1.807) is 129 Å². The van der Waals surface area contributed by atoms with E-state index in [0.29, 0.717) is 171 Å². The van der Waals surface area contributed by atoms with E-state index in [4.69, 9.17) is 0 Å². The number of halogens is 12. The van der Waals surface area contributed by atoms with E-state index in [2.05, 4.69) is 45.2 Å². The Balaban J connectivity index is 0.000000126. The summed E-state index contributed by atoms with van der Waals surface area (Å²) in [5.74, 6) is -0.185. The molecule has 5 aliphatic rings. The predicted octanol–water partition coefficient (Wildman–Crippen LogP) is 17.5. The number of nitrogens with zero attached hydrogens (tertiary/aromatic N) is 18. The molecule has 0 spiro atoms. The van der Waals surface area contributed by atoms with Crippen molar-refractivity contribution in [1.29, 1.82) is 0 Å². The molecule has 18 rings (SSSR count). The number of likely N-dealkylation sites (tertiary alicyclic amines) is 4. The molecular formula is C87H84F12N18O4. The number of imidazole rings is 4. The van der Waals surface area contributed by atoms with Crippen LogP contribution in [0.15, 0.2) is 195 Å². The Morgan fingerprint density at radius 3 is 0.843 bits per heavy atom. The fourth-order valence-electron chi connectivity index (χ4n) is 16.7. The van der Waals surface area contributed by atoms with Gasteiger partial charge in [-0.25, -0.2) is 38.0 Å². The normalized spacial score (nSPS) is 16.4. The van der Waals surface area contributed by atoms with Gasteiger partial charge < -0.3 is 29.1 Å². The van der Waals surface area contributed by atoms with E-state index < -0.39 is 47.0 Å². The van der Waals surface area contributed by atoms with Gasteiger partial charge in [-0.05, 0) is 215 Å². The summed E-state index contributed by atoms with van der Waals surface area (Å²) in [7, 11) is 0. The Kier molecular flexibility index (Phi) is 24.2. The number of carbonyl (C=O) groups is 4. The van der Waals surface area contributed by atoms with Crippen LogP contribution in [0.1, 0.15) is 192 Å². The third-order valence-electron chi connectivity index (χ3n) is 22.9. The highest BCUT2D eigenvalue weighted by Crippen LogP contribution is 2.44. The molecule has 34 heteroatoms. The van der Waals surface area contributed by atoms with Gasteiger partial charge in [-0.1, -0.05) is 72.8 Å². The summed E-state index contributed by atoms with van der Waals surface area (Å²) in [5.41, 5.74) is 4.06. The summed E-state index contributed by atoms with van der Waals surface area (Å²) in [6.07, 6.45) is 0.100. The number of aryl methyl sites for hydroxylation is 2. The number of benzene rings is 4. The highest BCUT2D eigenvalue weighted by Gasteiger charge is 2.41. The monoisotopic (exact) mass is 1670 g/mol. The number of alkyl halides is 12. The van der Waals surface area contributed by atoms with Gasteiger partial charge in [0, 0.05) is 77.8 Å². The lowest BCUT2D eigenvalue weighted by Crippen LogP contribution is -2.38. The minimum atomic E-state index is -4.38. The van der Waals surface area contributed by atoms with E-state index in [9.17, 15) is 71.9 Å². The molecule has 0 bridgehead atoms. The zero-order valence-electron chi connectivity index (χ0n) is 65.9. The molecule has 4 aromatic carbocycles. The number of amides is 4. The number of carbonyl (C=O) groups excluding carboxylic acids is 4. The average molecular weight is 1670 g/mol. The molecule has 630 valence electrons. The first kappa shape index (κ1) is 83.5. The second kappa shape index (κ2) is 35.0. The van der Waals surface area contributed by atoms with Crippen LogP contribution in [0.5, 0.6) is 0 Å². The summed E-state index contributed by atoms with van der Waals surface area (Å²) in [5, 5.41) is 17.7. The van der Waals surface area contributed by atoms with Crippen LogP contribution in [0.25, 0.3) is 28.4 Å². The van der Waals surface area contributed by atoms with Crippen molar-refractivity contribution in [2.24, 2.45) is 0 Å². The van der Waals surface area contributed by atoms with Gasteiger partial charge in [0.1, 0.15) is 28.6 Å². The summed E-state index contributed by atoms with van der Waals surface area (Å²) >= 11 is 0. The van der Waals surface area contributed by atoms with Gasteiger partial charge in [0.25, 0.3) is 23.6 Å². The first-order valence-electron chi connectivity index (χ1n) is 40.0. The van der Waals surface area contributed by atoms with E-state index in [-0.39, 0.29) is 53.0 Å². The molecule has 13 aromatic rings. The van der Waals surface area contributed by atoms with Crippen molar-refractivity contribution in [1.82, 2.24) is 82.6 Å². The van der Waals surface area contributed by atoms with Crippen LogP contribution < -0.4 is 4.90 Å². The molecular weight excluding hydrogens is 1590 g/mol. The second-order valence-electron chi connectivity index (χ2n) is 30.8. The van der Waals surface area contributed by atoms with Gasteiger partial charge in [0.2, 0.25) is 0 Å². The molecule has 5 saturated heterocycles. The van der Waals surface area contributed by atoms with Gasteiger partial charge in [-0.3, -0.25) is 19.2 Å². The smallest absolute Gasteiger partial charge is 0.355 e. The largest absolute Gasteiger partial charge is 0.416 e.